The molecule has 0 saturated carbocycles. The van der Waals surface area contributed by atoms with Crippen LogP contribution in [-0.2, 0) is 0 Å². The molecule has 6 heteroatoms. The van der Waals surface area contributed by atoms with Crippen LogP contribution in [0.15, 0.2) is 60.7 Å². The van der Waals surface area contributed by atoms with Gasteiger partial charge in [0, 0.05) is 43.4 Å². The number of piperazine rings is 1. The number of carbonyl (C=O) groups is 1. The van der Waals surface area contributed by atoms with E-state index in [1.54, 1.807) is 4.90 Å². The largest absolute Gasteiger partial charge is 0.353 e. The lowest BCUT2D eigenvalue weighted by Crippen LogP contribution is -2.49. The summed E-state index contributed by atoms with van der Waals surface area (Å²) in [5.41, 5.74) is 2.46. The van der Waals surface area contributed by atoms with E-state index < -0.39 is 0 Å². The van der Waals surface area contributed by atoms with E-state index in [-0.39, 0.29) is 11.7 Å². The maximum atomic E-state index is 13.1. The van der Waals surface area contributed by atoms with Crippen LogP contribution >= 0.6 is 0 Å². The number of hydrogen-bond donors (Lipinski definition) is 0. The molecule has 5 nitrogen and oxygen atoms in total. The third kappa shape index (κ3) is 3.86. The van der Waals surface area contributed by atoms with E-state index in [4.69, 9.17) is 0 Å². The summed E-state index contributed by atoms with van der Waals surface area (Å²) in [6.07, 6.45) is 0. The predicted octanol–water partition coefficient (Wildman–Crippen LogP) is 3.55. The van der Waals surface area contributed by atoms with Gasteiger partial charge in [0.25, 0.3) is 5.91 Å². The van der Waals surface area contributed by atoms with E-state index in [0.29, 0.717) is 31.7 Å². The van der Waals surface area contributed by atoms with Gasteiger partial charge in [-0.2, -0.15) is 0 Å². The number of halogens is 1. The molecule has 0 radical (unpaired) electrons. The molecule has 2 heterocycles. The zero-order valence-electron chi connectivity index (χ0n) is 15.7. The molecule has 1 saturated heterocycles. The van der Waals surface area contributed by atoms with E-state index >= 15 is 0 Å². The second-order valence-electron chi connectivity index (χ2n) is 6.81. The SMILES string of the molecule is Cc1nc(-c2ccccc2)cc(N2CCN(C(=O)c3ccc(F)cc3)CC2)n1. The summed E-state index contributed by atoms with van der Waals surface area (Å²) in [7, 11) is 0. The molecule has 28 heavy (non-hydrogen) atoms. The van der Waals surface area contributed by atoms with Gasteiger partial charge < -0.3 is 9.80 Å². The Morgan fingerprint density at radius 2 is 1.61 bits per heavy atom. The lowest BCUT2D eigenvalue weighted by molar-refractivity contribution is 0.0746. The summed E-state index contributed by atoms with van der Waals surface area (Å²) in [6.45, 7) is 4.47. The summed E-state index contributed by atoms with van der Waals surface area (Å²) in [6, 6.07) is 17.7. The fraction of sp³-hybridized carbons (Fsp3) is 0.227. The monoisotopic (exact) mass is 376 g/mol. The number of benzene rings is 2. The minimum atomic E-state index is -0.338. The highest BCUT2D eigenvalue weighted by atomic mass is 19.1. The molecule has 0 atom stereocenters. The number of rotatable bonds is 3. The quantitative estimate of drug-likeness (QED) is 0.701. The Morgan fingerprint density at radius 1 is 0.929 bits per heavy atom. The second kappa shape index (κ2) is 7.76. The van der Waals surface area contributed by atoms with Crippen LogP contribution in [0.25, 0.3) is 11.3 Å². The van der Waals surface area contributed by atoms with Gasteiger partial charge in [-0.25, -0.2) is 14.4 Å². The number of anilines is 1. The van der Waals surface area contributed by atoms with Crippen molar-refractivity contribution in [2.75, 3.05) is 31.1 Å². The van der Waals surface area contributed by atoms with Crippen molar-refractivity contribution in [3.8, 4) is 11.3 Å². The molecule has 0 unspecified atom stereocenters. The first kappa shape index (κ1) is 18.1. The van der Waals surface area contributed by atoms with Gasteiger partial charge in [-0.3, -0.25) is 4.79 Å². The van der Waals surface area contributed by atoms with Crippen LogP contribution < -0.4 is 4.90 Å². The van der Waals surface area contributed by atoms with Crippen molar-refractivity contribution < 1.29 is 9.18 Å². The van der Waals surface area contributed by atoms with Crippen molar-refractivity contribution in [2.24, 2.45) is 0 Å². The summed E-state index contributed by atoms with van der Waals surface area (Å²) < 4.78 is 13.1. The van der Waals surface area contributed by atoms with Gasteiger partial charge in [0.05, 0.1) is 5.69 Å². The molecule has 1 amide bonds. The van der Waals surface area contributed by atoms with Gasteiger partial charge in [-0.15, -0.1) is 0 Å². The van der Waals surface area contributed by atoms with Crippen LogP contribution in [-0.4, -0.2) is 47.0 Å². The standard InChI is InChI=1S/C22H21FN4O/c1-16-24-20(17-5-3-2-4-6-17)15-21(25-16)26-11-13-27(14-12-26)22(28)18-7-9-19(23)10-8-18/h2-10,15H,11-14H2,1H3. The van der Waals surface area contributed by atoms with Gasteiger partial charge in [-0.1, -0.05) is 30.3 Å². The molecule has 0 spiro atoms. The third-order valence-corrected chi connectivity index (χ3v) is 4.88. The van der Waals surface area contributed by atoms with Crippen molar-refractivity contribution >= 4 is 11.7 Å². The molecular weight excluding hydrogens is 355 g/mol. The van der Waals surface area contributed by atoms with Crippen LogP contribution in [0.2, 0.25) is 0 Å². The summed E-state index contributed by atoms with van der Waals surface area (Å²) in [5.74, 6) is 1.19. The van der Waals surface area contributed by atoms with Crippen molar-refractivity contribution in [2.45, 2.75) is 6.92 Å². The molecule has 4 rings (SSSR count). The summed E-state index contributed by atoms with van der Waals surface area (Å²) in [4.78, 5) is 25.7. The lowest BCUT2D eigenvalue weighted by atomic mass is 10.1. The lowest BCUT2D eigenvalue weighted by Gasteiger charge is -2.35. The Kier molecular flexibility index (Phi) is 5.02. The van der Waals surface area contributed by atoms with Crippen LogP contribution in [0.1, 0.15) is 16.2 Å². The molecule has 0 aliphatic carbocycles. The van der Waals surface area contributed by atoms with E-state index in [9.17, 15) is 9.18 Å². The fourth-order valence-corrected chi connectivity index (χ4v) is 3.38. The Bertz CT molecular complexity index is 968. The molecule has 2 aromatic carbocycles. The molecular formula is C22H21FN4O. The average molecular weight is 376 g/mol. The Labute approximate surface area is 163 Å². The van der Waals surface area contributed by atoms with Crippen molar-refractivity contribution in [1.82, 2.24) is 14.9 Å². The van der Waals surface area contributed by atoms with Crippen LogP contribution in [0.3, 0.4) is 0 Å². The number of amides is 1. The number of hydrogen-bond acceptors (Lipinski definition) is 4. The van der Waals surface area contributed by atoms with Crippen molar-refractivity contribution in [3.63, 3.8) is 0 Å². The Morgan fingerprint density at radius 3 is 2.29 bits per heavy atom. The first-order chi connectivity index (χ1) is 13.6. The molecule has 1 aliphatic rings. The van der Waals surface area contributed by atoms with Gasteiger partial charge >= 0.3 is 0 Å². The number of carbonyl (C=O) groups excluding carboxylic acids is 1. The van der Waals surface area contributed by atoms with Gasteiger partial charge in [0.1, 0.15) is 17.5 Å². The van der Waals surface area contributed by atoms with Gasteiger partial charge in [-0.05, 0) is 31.2 Å². The zero-order chi connectivity index (χ0) is 19.5. The minimum absolute atomic E-state index is 0.0662. The molecule has 0 N–H and O–H groups in total. The topological polar surface area (TPSA) is 49.3 Å². The highest BCUT2D eigenvalue weighted by Crippen LogP contribution is 2.23. The molecule has 3 aromatic rings. The average Bonchev–Trinajstić information content (AvgIpc) is 2.74. The smallest absolute Gasteiger partial charge is 0.253 e. The molecule has 0 bridgehead atoms. The Balaban J connectivity index is 1.47. The van der Waals surface area contributed by atoms with E-state index in [1.165, 1.54) is 24.3 Å². The maximum absolute atomic E-state index is 13.1. The number of aryl methyl sites for hydroxylation is 1. The molecule has 1 aromatic heterocycles. The van der Waals surface area contributed by atoms with Crippen LogP contribution in [0, 0.1) is 12.7 Å². The van der Waals surface area contributed by atoms with Crippen LogP contribution in [0.5, 0.6) is 0 Å². The van der Waals surface area contributed by atoms with E-state index in [2.05, 4.69) is 14.9 Å². The minimum Gasteiger partial charge on any atom is -0.353 e. The maximum Gasteiger partial charge on any atom is 0.253 e. The normalized spacial score (nSPS) is 14.2. The van der Waals surface area contributed by atoms with Gasteiger partial charge in [0.15, 0.2) is 0 Å². The summed E-state index contributed by atoms with van der Waals surface area (Å²) in [5, 5.41) is 0. The number of aromatic nitrogens is 2. The van der Waals surface area contributed by atoms with Crippen molar-refractivity contribution in [3.05, 3.63) is 77.9 Å². The first-order valence-corrected chi connectivity index (χ1v) is 9.31. The molecule has 1 aliphatic heterocycles. The Hall–Kier alpha value is -3.28. The first-order valence-electron chi connectivity index (χ1n) is 9.31. The predicted molar refractivity (Wildman–Crippen MR) is 107 cm³/mol. The third-order valence-electron chi connectivity index (χ3n) is 4.88. The summed E-state index contributed by atoms with van der Waals surface area (Å²) >= 11 is 0. The number of nitrogens with zero attached hydrogens (tertiary/aromatic N) is 4. The zero-order valence-corrected chi connectivity index (χ0v) is 15.7. The van der Waals surface area contributed by atoms with Crippen molar-refractivity contribution in [1.29, 1.82) is 0 Å². The van der Waals surface area contributed by atoms with E-state index in [1.807, 2.05) is 43.3 Å². The van der Waals surface area contributed by atoms with E-state index in [0.717, 1.165) is 22.9 Å². The second-order valence-corrected chi connectivity index (χ2v) is 6.81. The molecule has 1 fully saturated rings. The molecule has 142 valence electrons. The van der Waals surface area contributed by atoms with Crippen LogP contribution in [0.4, 0.5) is 10.2 Å². The highest BCUT2D eigenvalue weighted by Gasteiger charge is 2.23. The van der Waals surface area contributed by atoms with Gasteiger partial charge in [0.2, 0.25) is 0 Å². The fourth-order valence-electron chi connectivity index (χ4n) is 3.38. The highest BCUT2D eigenvalue weighted by molar-refractivity contribution is 5.94.